The summed E-state index contributed by atoms with van der Waals surface area (Å²) in [7, 11) is 0. The van der Waals surface area contributed by atoms with Gasteiger partial charge in [-0.15, -0.1) is 0 Å². The van der Waals surface area contributed by atoms with Crippen LogP contribution in [0.2, 0.25) is 0 Å². The van der Waals surface area contributed by atoms with E-state index in [1.54, 1.807) is 12.1 Å². The molecular formula is C16H20O2Ti-6. The summed E-state index contributed by atoms with van der Waals surface area (Å²) >= 11 is 0. The standard InChI is InChI=1S/C11H15O2.C5H5.Ti/c1-2-3-6-9-13-11(12)10-7-4-5-8-10;1-2-4-5-3-1;/h4-5,7-8H,2-3,6,9H2,1H3;1-5H;/q-1;-5;. The summed E-state index contributed by atoms with van der Waals surface area (Å²) in [5.74, 6) is -0.207. The van der Waals surface area contributed by atoms with E-state index in [0.29, 0.717) is 12.2 Å². The first-order valence-electron chi connectivity index (χ1n) is 6.40. The molecule has 0 atom stereocenters. The summed E-state index contributed by atoms with van der Waals surface area (Å²) in [6.07, 6.45) is 3.23. The van der Waals surface area contributed by atoms with E-state index in [1.165, 1.54) is 0 Å². The molecule has 0 fully saturated rings. The number of unbranched alkanes of at least 4 members (excludes halogenated alkanes) is 2. The molecule has 0 aliphatic rings. The molecule has 0 unspecified atom stereocenters. The maximum absolute atomic E-state index is 11.2. The fourth-order valence-electron chi connectivity index (χ4n) is 1.43. The molecule has 0 saturated carbocycles. The van der Waals surface area contributed by atoms with E-state index < -0.39 is 0 Å². The van der Waals surface area contributed by atoms with Crippen LogP contribution in [0.3, 0.4) is 0 Å². The third-order valence-corrected chi connectivity index (χ3v) is 2.43. The van der Waals surface area contributed by atoms with E-state index in [2.05, 4.69) is 6.92 Å². The van der Waals surface area contributed by atoms with Gasteiger partial charge in [0.05, 0.1) is 6.61 Å². The van der Waals surface area contributed by atoms with Crippen LogP contribution in [0.4, 0.5) is 0 Å². The predicted molar refractivity (Wildman–Crippen MR) is 73.9 cm³/mol. The van der Waals surface area contributed by atoms with E-state index >= 15 is 0 Å². The van der Waals surface area contributed by atoms with Crippen molar-refractivity contribution < 1.29 is 31.2 Å². The van der Waals surface area contributed by atoms with Gasteiger partial charge in [-0.25, -0.2) is 12.1 Å². The monoisotopic (exact) mass is 292 g/mol. The Labute approximate surface area is 130 Å². The Kier molecular flexibility index (Phi) is 11.2. The van der Waals surface area contributed by atoms with Gasteiger partial charge in [0.1, 0.15) is 0 Å². The van der Waals surface area contributed by atoms with Crippen molar-refractivity contribution in [3.05, 3.63) is 60.2 Å². The van der Waals surface area contributed by atoms with E-state index in [1.807, 2.05) is 42.5 Å². The molecule has 0 spiro atoms. The zero-order valence-corrected chi connectivity index (χ0v) is 12.9. The zero-order chi connectivity index (χ0) is 13.1. The Morgan fingerprint density at radius 1 is 1.05 bits per heavy atom. The van der Waals surface area contributed by atoms with Crippen LogP contribution in [-0.2, 0) is 26.5 Å². The largest absolute Gasteiger partial charge is 0.748 e. The smallest absolute Gasteiger partial charge is 0.281 e. The molecule has 0 aliphatic heterocycles. The van der Waals surface area contributed by atoms with Crippen molar-refractivity contribution in [2.45, 2.75) is 26.2 Å². The number of rotatable bonds is 5. The topological polar surface area (TPSA) is 26.3 Å². The maximum Gasteiger partial charge on any atom is 0.281 e. The second-order valence-electron chi connectivity index (χ2n) is 3.98. The van der Waals surface area contributed by atoms with Gasteiger partial charge in [0.2, 0.25) is 0 Å². The number of esters is 1. The number of hydrogen-bond acceptors (Lipinski definition) is 2. The summed E-state index contributed by atoms with van der Waals surface area (Å²) < 4.78 is 5.05. The molecular weight excluding hydrogens is 272 g/mol. The van der Waals surface area contributed by atoms with Crippen molar-refractivity contribution in [1.29, 1.82) is 0 Å². The van der Waals surface area contributed by atoms with Crippen molar-refractivity contribution >= 4 is 5.97 Å². The molecule has 0 amide bonds. The molecule has 0 aromatic heterocycles. The normalized spacial score (nSPS) is 8.89. The van der Waals surface area contributed by atoms with Crippen LogP contribution in [0, 0.1) is 0 Å². The molecule has 2 aromatic rings. The van der Waals surface area contributed by atoms with E-state index in [-0.39, 0.29) is 27.7 Å². The van der Waals surface area contributed by atoms with Gasteiger partial charge < -0.3 is 35.1 Å². The van der Waals surface area contributed by atoms with Crippen LogP contribution in [-0.4, -0.2) is 12.6 Å². The number of ether oxygens (including phenoxy) is 1. The van der Waals surface area contributed by atoms with Crippen LogP contribution >= 0.6 is 0 Å². The van der Waals surface area contributed by atoms with Gasteiger partial charge in [0.25, 0.3) is 5.97 Å². The minimum atomic E-state index is -0.207. The Bertz CT molecular complexity index is 373. The summed E-state index contributed by atoms with van der Waals surface area (Å²) in [6.45, 7) is 2.66. The average molecular weight is 292 g/mol. The predicted octanol–water partition coefficient (Wildman–Crippen LogP) is 4.16. The molecule has 0 bridgehead atoms. The fourth-order valence-corrected chi connectivity index (χ4v) is 1.43. The first-order chi connectivity index (χ1) is 8.84. The van der Waals surface area contributed by atoms with Gasteiger partial charge in [0.15, 0.2) is 0 Å². The van der Waals surface area contributed by atoms with Crippen molar-refractivity contribution in [3.63, 3.8) is 0 Å². The third kappa shape index (κ3) is 8.58. The second-order valence-corrected chi connectivity index (χ2v) is 3.98. The minimum absolute atomic E-state index is 0. The van der Waals surface area contributed by atoms with Gasteiger partial charge in [-0.1, -0.05) is 25.3 Å². The first-order valence-corrected chi connectivity index (χ1v) is 6.40. The second kappa shape index (κ2) is 11.9. The van der Waals surface area contributed by atoms with Gasteiger partial charge in [-0.05, 0) is 6.42 Å². The molecule has 3 heteroatoms. The molecule has 0 N–H and O–H groups in total. The average Bonchev–Trinajstić information content (AvgIpc) is 3.09. The Morgan fingerprint density at radius 3 is 2.05 bits per heavy atom. The van der Waals surface area contributed by atoms with Gasteiger partial charge in [0, 0.05) is 21.7 Å². The van der Waals surface area contributed by atoms with Gasteiger partial charge in [-0.2, -0.15) is 12.1 Å². The van der Waals surface area contributed by atoms with Crippen molar-refractivity contribution in [3.8, 4) is 0 Å². The summed E-state index contributed by atoms with van der Waals surface area (Å²) in [6, 6.07) is 17.2. The Morgan fingerprint density at radius 2 is 1.58 bits per heavy atom. The molecule has 0 heterocycles. The fraction of sp³-hybridized carbons (Fsp3) is 0.312. The first kappa shape index (κ1) is 17.9. The molecule has 106 valence electrons. The van der Waals surface area contributed by atoms with Crippen molar-refractivity contribution in [2.24, 2.45) is 0 Å². The molecule has 2 rings (SSSR count). The molecule has 2 nitrogen and oxygen atoms in total. The Hall–Kier alpha value is -1.12. The van der Waals surface area contributed by atoms with Crippen LogP contribution in [0.1, 0.15) is 36.5 Å². The maximum atomic E-state index is 11.2. The quantitative estimate of drug-likeness (QED) is 0.358. The van der Waals surface area contributed by atoms with Crippen LogP contribution in [0.25, 0.3) is 0 Å². The number of hydrogen-bond donors (Lipinski definition) is 0. The number of carbonyl (C=O) groups excluding carboxylic acids is 1. The van der Waals surface area contributed by atoms with Crippen LogP contribution in [0.15, 0.2) is 54.6 Å². The van der Waals surface area contributed by atoms with E-state index in [0.717, 1.165) is 19.3 Å². The van der Waals surface area contributed by atoms with Crippen molar-refractivity contribution in [2.75, 3.05) is 6.61 Å². The van der Waals surface area contributed by atoms with E-state index in [9.17, 15) is 4.79 Å². The SMILES string of the molecule is CCCCCOC(=O)[c-]1cccc1.[Ti].[cH-]1[cH-][cH-][cH-][cH-]1. The van der Waals surface area contributed by atoms with Crippen LogP contribution < -0.4 is 0 Å². The summed E-state index contributed by atoms with van der Waals surface area (Å²) in [5, 5.41) is 0. The summed E-state index contributed by atoms with van der Waals surface area (Å²) in [4.78, 5) is 11.2. The Balaban J connectivity index is 0.000000454. The van der Waals surface area contributed by atoms with Crippen molar-refractivity contribution in [1.82, 2.24) is 0 Å². The zero-order valence-electron chi connectivity index (χ0n) is 11.3. The molecule has 0 radical (unpaired) electrons. The molecule has 0 aliphatic carbocycles. The van der Waals surface area contributed by atoms with Gasteiger partial charge >= 0.3 is 0 Å². The molecule has 19 heavy (non-hydrogen) atoms. The van der Waals surface area contributed by atoms with E-state index in [4.69, 9.17) is 4.74 Å². The van der Waals surface area contributed by atoms with Gasteiger partial charge in [-0.3, -0.25) is 4.79 Å². The minimum Gasteiger partial charge on any atom is -0.748 e. The summed E-state index contributed by atoms with van der Waals surface area (Å²) in [5.41, 5.74) is 0.650. The number of carbonyl (C=O) groups is 1. The molecule has 0 saturated heterocycles. The third-order valence-electron chi connectivity index (χ3n) is 2.43. The molecule has 2 aromatic carbocycles. The van der Waals surface area contributed by atoms with Crippen LogP contribution in [0.5, 0.6) is 0 Å².